The van der Waals surface area contributed by atoms with Crippen molar-refractivity contribution in [3.05, 3.63) is 47.5 Å². The van der Waals surface area contributed by atoms with E-state index in [1.54, 1.807) is 19.2 Å². The van der Waals surface area contributed by atoms with Gasteiger partial charge >= 0.3 is 0 Å². The Kier molecular flexibility index (Phi) is 6.78. The lowest BCUT2D eigenvalue weighted by atomic mass is 10.1. The van der Waals surface area contributed by atoms with Gasteiger partial charge in [0.05, 0.1) is 17.9 Å². The van der Waals surface area contributed by atoms with E-state index in [9.17, 15) is 17.6 Å². The summed E-state index contributed by atoms with van der Waals surface area (Å²) >= 11 is 0. The Morgan fingerprint density at radius 1 is 1.15 bits per heavy atom. The predicted molar refractivity (Wildman–Crippen MR) is 123 cm³/mol. The van der Waals surface area contributed by atoms with Gasteiger partial charge < -0.3 is 19.5 Å². The van der Waals surface area contributed by atoms with Crippen LogP contribution in [-0.4, -0.2) is 61.6 Å². The molecule has 2 aliphatic rings. The molecule has 1 aromatic heterocycles. The van der Waals surface area contributed by atoms with Gasteiger partial charge in [-0.25, -0.2) is 12.8 Å². The van der Waals surface area contributed by atoms with E-state index in [4.69, 9.17) is 4.74 Å². The molecule has 0 radical (unpaired) electrons. The molecule has 2 aliphatic heterocycles. The zero-order chi connectivity index (χ0) is 23.8. The zero-order valence-corrected chi connectivity index (χ0v) is 20.1. The quantitative estimate of drug-likeness (QED) is 0.690. The van der Waals surface area contributed by atoms with E-state index in [2.05, 4.69) is 5.32 Å². The van der Waals surface area contributed by atoms with Crippen molar-refractivity contribution >= 4 is 21.6 Å². The van der Waals surface area contributed by atoms with Crippen molar-refractivity contribution in [2.45, 2.75) is 50.3 Å². The second-order valence-corrected chi connectivity index (χ2v) is 10.9. The van der Waals surface area contributed by atoms with Crippen molar-refractivity contribution in [2.75, 3.05) is 31.1 Å². The van der Waals surface area contributed by atoms with Gasteiger partial charge in [-0.3, -0.25) is 4.79 Å². The summed E-state index contributed by atoms with van der Waals surface area (Å²) in [6, 6.07) is 6.34. The summed E-state index contributed by atoms with van der Waals surface area (Å²) in [7, 11) is -1.97. The van der Waals surface area contributed by atoms with Crippen LogP contribution in [0.2, 0.25) is 0 Å². The van der Waals surface area contributed by atoms with Crippen LogP contribution in [0, 0.1) is 5.82 Å². The third-order valence-electron chi connectivity index (χ3n) is 6.14. The number of carbonyl (C=O) groups is 1. The van der Waals surface area contributed by atoms with Crippen LogP contribution in [0.3, 0.4) is 0 Å². The van der Waals surface area contributed by atoms with Gasteiger partial charge in [-0.2, -0.15) is 4.31 Å². The first-order valence-electron chi connectivity index (χ1n) is 11.3. The van der Waals surface area contributed by atoms with E-state index in [1.807, 2.05) is 18.7 Å². The number of rotatable bonds is 6. The van der Waals surface area contributed by atoms with Crippen molar-refractivity contribution in [1.82, 2.24) is 14.2 Å². The number of hydrogen-bond acceptors (Lipinski definition) is 5. The van der Waals surface area contributed by atoms with Crippen LogP contribution in [0.15, 0.2) is 35.4 Å². The lowest BCUT2D eigenvalue weighted by molar-refractivity contribution is -0.00539. The minimum Gasteiger partial charge on any atom is -0.372 e. The van der Waals surface area contributed by atoms with E-state index in [1.165, 1.54) is 27.2 Å². The number of hydrogen-bond donors (Lipinski definition) is 1. The van der Waals surface area contributed by atoms with Gasteiger partial charge in [0.25, 0.3) is 5.91 Å². The van der Waals surface area contributed by atoms with Crippen LogP contribution in [0.1, 0.15) is 42.7 Å². The smallest absolute Gasteiger partial charge is 0.268 e. The molecule has 2 fully saturated rings. The highest BCUT2D eigenvalue weighted by molar-refractivity contribution is 7.89. The lowest BCUT2D eigenvalue weighted by Gasteiger charge is -2.37. The molecule has 1 N–H and O–H groups in total. The summed E-state index contributed by atoms with van der Waals surface area (Å²) in [6.45, 7) is 6.31. The van der Waals surface area contributed by atoms with Gasteiger partial charge in [0, 0.05) is 46.0 Å². The minimum atomic E-state index is -3.60. The maximum absolute atomic E-state index is 14.8. The highest BCUT2D eigenvalue weighted by Gasteiger charge is 2.29. The molecule has 180 valence electrons. The molecule has 4 rings (SSSR count). The summed E-state index contributed by atoms with van der Waals surface area (Å²) < 4.78 is 49.0. The second kappa shape index (κ2) is 9.44. The van der Waals surface area contributed by atoms with Gasteiger partial charge in [0.15, 0.2) is 0 Å². The molecule has 1 aromatic carbocycles. The van der Waals surface area contributed by atoms with Gasteiger partial charge in [0.2, 0.25) is 10.0 Å². The molecule has 33 heavy (non-hydrogen) atoms. The Balaban J connectivity index is 1.42. The van der Waals surface area contributed by atoms with Crippen LogP contribution in [0.4, 0.5) is 10.1 Å². The lowest BCUT2D eigenvalue weighted by Crippen LogP contribution is -2.45. The van der Waals surface area contributed by atoms with E-state index in [0.29, 0.717) is 37.4 Å². The Hall–Kier alpha value is -2.43. The highest BCUT2D eigenvalue weighted by Crippen LogP contribution is 2.25. The van der Waals surface area contributed by atoms with Crippen LogP contribution in [0.5, 0.6) is 0 Å². The first kappa shape index (κ1) is 23.7. The van der Waals surface area contributed by atoms with Crippen molar-refractivity contribution in [3.8, 4) is 0 Å². The Morgan fingerprint density at radius 2 is 1.82 bits per heavy atom. The SMILES string of the molecule is CC1CN(c2ccc(CNC(=O)c3cc(S(=O)(=O)N4CCCC4)cn3C)cc2F)CC(C)O1. The second-order valence-electron chi connectivity index (χ2n) is 8.91. The topological polar surface area (TPSA) is 83.9 Å². The first-order chi connectivity index (χ1) is 15.6. The van der Waals surface area contributed by atoms with Crippen LogP contribution >= 0.6 is 0 Å². The Labute approximate surface area is 194 Å². The van der Waals surface area contributed by atoms with E-state index in [-0.39, 0.29) is 35.2 Å². The molecule has 0 bridgehead atoms. The number of benzene rings is 1. The monoisotopic (exact) mass is 478 g/mol. The minimum absolute atomic E-state index is 0.0246. The van der Waals surface area contributed by atoms with E-state index >= 15 is 0 Å². The van der Waals surface area contributed by atoms with Gasteiger partial charge in [-0.1, -0.05) is 6.07 Å². The summed E-state index contributed by atoms with van der Waals surface area (Å²) in [5.41, 5.74) is 1.38. The fourth-order valence-electron chi connectivity index (χ4n) is 4.54. The summed E-state index contributed by atoms with van der Waals surface area (Å²) in [6.07, 6.45) is 3.20. The Bertz CT molecular complexity index is 1120. The normalized spacial score (nSPS) is 22.0. The molecule has 10 heteroatoms. The number of aryl methyl sites for hydroxylation is 1. The third kappa shape index (κ3) is 5.07. The Morgan fingerprint density at radius 3 is 2.45 bits per heavy atom. The highest BCUT2D eigenvalue weighted by atomic mass is 32.2. The van der Waals surface area contributed by atoms with E-state index in [0.717, 1.165) is 12.8 Å². The molecule has 0 saturated carbocycles. The first-order valence-corrected chi connectivity index (χ1v) is 12.7. The average molecular weight is 479 g/mol. The van der Waals surface area contributed by atoms with Crippen LogP contribution < -0.4 is 10.2 Å². The third-order valence-corrected chi connectivity index (χ3v) is 8.00. The van der Waals surface area contributed by atoms with Crippen LogP contribution in [-0.2, 0) is 28.4 Å². The number of nitrogens with zero attached hydrogens (tertiary/aromatic N) is 3. The number of anilines is 1. The average Bonchev–Trinajstić information content (AvgIpc) is 3.42. The fraction of sp³-hybridized carbons (Fsp3) is 0.522. The molecule has 2 unspecified atom stereocenters. The summed E-state index contributed by atoms with van der Waals surface area (Å²) in [5.74, 6) is -0.762. The van der Waals surface area contributed by atoms with Crippen molar-refractivity contribution in [3.63, 3.8) is 0 Å². The van der Waals surface area contributed by atoms with Gasteiger partial charge in [-0.15, -0.1) is 0 Å². The summed E-state index contributed by atoms with van der Waals surface area (Å²) in [5, 5.41) is 2.76. The maximum Gasteiger partial charge on any atom is 0.268 e. The molecular formula is C23H31FN4O4S. The molecule has 0 spiro atoms. The number of ether oxygens (including phenoxy) is 1. The maximum atomic E-state index is 14.8. The molecule has 1 amide bonds. The molecule has 2 atom stereocenters. The molecule has 2 saturated heterocycles. The number of halogens is 1. The molecule has 2 aromatic rings. The molecule has 8 nitrogen and oxygen atoms in total. The number of carbonyl (C=O) groups excluding carboxylic acids is 1. The van der Waals surface area contributed by atoms with E-state index < -0.39 is 15.9 Å². The largest absolute Gasteiger partial charge is 0.372 e. The van der Waals surface area contributed by atoms with Crippen molar-refractivity contribution < 1.29 is 22.3 Å². The number of morpholine rings is 1. The van der Waals surface area contributed by atoms with Crippen molar-refractivity contribution in [2.24, 2.45) is 7.05 Å². The standard InChI is InChI=1S/C23H31FN4O4S/c1-16-13-27(14-17(2)32-16)21-7-6-18(10-20(21)24)12-25-23(29)22-11-19(15-26(22)3)33(30,31)28-8-4-5-9-28/h6-7,10-11,15-17H,4-5,8-9,12-14H2,1-3H3,(H,25,29). The number of sulfonamides is 1. The number of aromatic nitrogens is 1. The zero-order valence-electron chi connectivity index (χ0n) is 19.3. The number of amides is 1. The van der Waals surface area contributed by atoms with Gasteiger partial charge in [-0.05, 0) is 50.5 Å². The summed E-state index contributed by atoms with van der Waals surface area (Å²) in [4.78, 5) is 14.8. The van der Waals surface area contributed by atoms with Crippen LogP contribution in [0.25, 0.3) is 0 Å². The predicted octanol–water partition coefficient (Wildman–Crippen LogP) is 2.49. The fourth-order valence-corrected chi connectivity index (χ4v) is 6.13. The number of nitrogens with one attached hydrogen (secondary N) is 1. The molecule has 3 heterocycles. The van der Waals surface area contributed by atoms with Crippen molar-refractivity contribution in [1.29, 1.82) is 0 Å². The molecular weight excluding hydrogens is 447 g/mol. The molecule has 0 aliphatic carbocycles. The van der Waals surface area contributed by atoms with Gasteiger partial charge in [0.1, 0.15) is 16.4 Å².